The number of hydrogen-bond donors (Lipinski definition) is 3. The Morgan fingerprint density at radius 2 is 1.79 bits per heavy atom. The van der Waals surface area contributed by atoms with Gasteiger partial charge in [0.1, 0.15) is 11.4 Å². The third kappa shape index (κ3) is 4.82. The summed E-state index contributed by atoms with van der Waals surface area (Å²) in [6.45, 7) is -0.240. The van der Waals surface area contributed by atoms with Crippen LogP contribution in [-0.4, -0.2) is 35.4 Å². The molecule has 0 unspecified atom stereocenters. The van der Waals surface area contributed by atoms with Gasteiger partial charge in [0, 0.05) is 11.3 Å². The summed E-state index contributed by atoms with van der Waals surface area (Å²) < 4.78 is 5.10. The van der Waals surface area contributed by atoms with Crippen molar-refractivity contribution in [2.75, 3.05) is 19.0 Å². The fraction of sp³-hybridized carbons (Fsp3) is 0.100. The van der Waals surface area contributed by atoms with Gasteiger partial charge in [-0.25, -0.2) is 4.79 Å². The van der Waals surface area contributed by atoms with Crippen molar-refractivity contribution in [3.05, 3.63) is 76.8 Å². The van der Waals surface area contributed by atoms with Crippen LogP contribution in [0.5, 0.6) is 5.75 Å². The summed E-state index contributed by atoms with van der Waals surface area (Å²) in [5.74, 6) is -0.306. The summed E-state index contributed by atoms with van der Waals surface area (Å²) in [6.07, 6.45) is 0. The highest BCUT2D eigenvalue weighted by Crippen LogP contribution is 2.20. The molecule has 2 aromatic carbocycles. The smallest absolute Gasteiger partial charge is 0.346 e. The zero-order chi connectivity index (χ0) is 19.9. The van der Waals surface area contributed by atoms with Crippen molar-refractivity contribution >= 4 is 17.5 Å². The molecule has 8 heteroatoms. The molecule has 0 fully saturated rings. The number of benzene rings is 2. The average molecular weight is 378 g/mol. The first-order chi connectivity index (χ1) is 13.5. The molecule has 0 spiro atoms. The Morgan fingerprint density at radius 3 is 2.46 bits per heavy atom. The third-order valence-electron chi connectivity index (χ3n) is 3.84. The average Bonchev–Trinajstić information content (AvgIpc) is 2.72. The zero-order valence-electron chi connectivity index (χ0n) is 15.1. The molecule has 2 amide bonds. The molecule has 0 radical (unpaired) electrons. The zero-order valence-corrected chi connectivity index (χ0v) is 15.1. The van der Waals surface area contributed by atoms with Crippen LogP contribution in [0, 0.1) is 0 Å². The molecule has 0 saturated carbocycles. The predicted molar refractivity (Wildman–Crippen MR) is 104 cm³/mol. The minimum atomic E-state index is -0.660. The maximum Gasteiger partial charge on any atom is 0.346 e. The van der Waals surface area contributed by atoms with E-state index in [2.05, 4.69) is 20.6 Å². The van der Waals surface area contributed by atoms with Crippen LogP contribution < -0.4 is 21.1 Å². The predicted octanol–water partition coefficient (Wildman–Crippen LogP) is 1.81. The Bertz CT molecular complexity index is 1030. The van der Waals surface area contributed by atoms with Crippen molar-refractivity contribution in [1.29, 1.82) is 0 Å². The lowest BCUT2D eigenvalue weighted by Gasteiger charge is -2.08. The van der Waals surface area contributed by atoms with Crippen LogP contribution >= 0.6 is 0 Å². The van der Waals surface area contributed by atoms with E-state index < -0.39 is 11.6 Å². The Kier molecular flexibility index (Phi) is 5.81. The number of amides is 2. The van der Waals surface area contributed by atoms with Crippen molar-refractivity contribution in [2.45, 2.75) is 0 Å². The van der Waals surface area contributed by atoms with Crippen LogP contribution in [0.3, 0.4) is 0 Å². The molecule has 142 valence electrons. The maximum atomic E-state index is 12.3. The number of methoxy groups -OCH3 is 1. The van der Waals surface area contributed by atoms with Gasteiger partial charge in [0.15, 0.2) is 0 Å². The number of rotatable bonds is 6. The summed E-state index contributed by atoms with van der Waals surface area (Å²) in [4.78, 5) is 42.4. The van der Waals surface area contributed by atoms with Crippen LogP contribution in [0.15, 0.2) is 65.5 Å². The van der Waals surface area contributed by atoms with Gasteiger partial charge in [0.05, 0.1) is 19.3 Å². The van der Waals surface area contributed by atoms with Gasteiger partial charge >= 0.3 is 5.69 Å². The first-order valence-corrected chi connectivity index (χ1v) is 8.44. The Hall–Kier alpha value is -3.94. The van der Waals surface area contributed by atoms with Crippen LogP contribution in [0.25, 0.3) is 11.3 Å². The molecule has 0 bridgehead atoms. The number of carbonyl (C=O) groups is 2. The molecular formula is C20H18N4O4. The normalized spacial score (nSPS) is 10.2. The quantitative estimate of drug-likeness (QED) is 0.605. The van der Waals surface area contributed by atoms with Crippen LogP contribution in [0.1, 0.15) is 10.5 Å². The molecule has 0 atom stereocenters. The number of aromatic nitrogens is 2. The number of aromatic amines is 1. The summed E-state index contributed by atoms with van der Waals surface area (Å²) >= 11 is 0. The number of nitrogens with zero attached hydrogens (tertiary/aromatic N) is 1. The number of carbonyl (C=O) groups excluding carboxylic acids is 2. The number of ether oxygens (including phenoxy) is 1. The SMILES string of the molecule is COc1ccc(-c2cc(C(=O)NCC(=O)Nc3ccccc3)[nH]c(=O)n2)cc1. The lowest BCUT2D eigenvalue weighted by Crippen LogP contribution is -2.34. The van der Waals surface area contributed by atoms with Crippen LogP contribution in [-0.2, 0) is 4.79 Å². The van der Waals surface area contributed by atoms with Gasteiger partial charge in [0.2, 0.25) is 5.91 Å². The van der Waals surface area contributed by atoms with Crippen molar-refractivity contribution in [3.8, 4) is 17.0 Å². The van der Waals surface area contributed by atoms with E-state index >= 15 is 0 Å². The van der Waals surface area contributed by atoms with E-state index in [0.717, 1.165) is 0 Å². The molecule has 8 nitrogen and oxygen atoms in total. The van der Waals surface area contributed by atoms with Crippen molar-refractivity contribution < 1.29 is 14.3 Å². The van der Waals surface area contributed by atoms with Crippen LogP contribution in [0.2, 0.25) is 0 Å². The minimum absolute atomic E-state index is 0.0123. The summed E-state index contributed by atoms with van der Waals surface area (Å²) in [5, 5.41) is 5.13. The first kappa shape index (κ1) is 18.8. The Morgan fingerprint density at radius 1 is 1.07 bits per heavy atom. The van der Waals surface area contributed by atoms with E-state index in [4.69, 9.17) is 4.74 Å². The highest BCUT2D eigenvalue weighted by Gasteiger charge is 2.12. The second-order valence-electron chi connectivity index (χ2n) is 5.81. The molecule has 3 N–H and O–H groups in total. The molecular weight excluding hydrogens is 360 g/mol. The molecule has 1 heterocycles. The summed E-state index contributed by atoms with van der Waals surface area (Å²) in [6, 6.07) is 17.3. The van der Waals surface area contributed by atoms with Gasteiger partial charge in [-0.15, -0.1) is 0 Å². The van der Waals surface area contributed by atoms with Crippen molar-refractivity contribution in [1.82, 2.24) is 15.3 Å². The number of para-hydroxylation sites is 1. The monoisotopic (exact) mass is 378 g/mol. The molecule has 0 saturated heterocycles. The van der Waals surface area contributed by atoms with Crippen molar-refractivity contribution in [3.63, 3.8) is 0 Å². The van der Waals surface area contributed by atoms with E-state index in [1.165, 1.54) is 6.07 Å². The minimum Gasteiger partial charge on any atom is -0.497 e. The highest BCUT2D eigenvalue weighted by atomic mass is 16.5. The highest BCUT2D eigenvalue weighted by molar-refractivity contribution is 5.98. The number of H-pyrrole nitrogens is 1. The number of nitrogens with one attached hydrogen (secondary N) is 3. The lowest BCUT2D eigenvalue weighted by atomic mass is 10.1. The van der Waals surface area contributed by atoms with Gasteiger partial charge in [-0.05, 0) is 42.5 Å². The summed E-state index contributed by atoms with van der Waals surface area (Å²) in [7, 11) is 1.55. The fourth-order valence-corrected chi connectivity index (χ4v) is 2.47. The Labute approximate surface area is 160 Å². The second kappa shape index (κ2) is 8.63. The maximum absolute atomic E-state index is 12.3. The number of anilines is 1. The Balaban J connectivity index is 1.68. The molecule has 0 aliphatic rings. The molecule has 0 aliphatic carbocycles. The van der Waals surface area contributed by atoms with E-state index in [-0.39, 0.29) is 18.1 Å². The number of hydrogen-bond acceptors (Lipinski definition) is 5. The van der Waals surface area contributed by atoms with E-state index in [9.17, 15) is 14.4 Å². The van der Waals surface area contributed by atoms with E-state index in [1.807, 2.05) is 6.07 Å². The molecule has 28 heavy (non-hydrogen) atoms. The lowest BCUT2D eigenvalue weighted by molar-refractivity contribution is -0.115. The second-order valence-corrected chi connectivity index (χ2v) is 5.81. The largest absolute Gasteiger partial charge is 0.497 e. The van der Waals surface area contributed by atoms with Gasteiger partial charge < -0.3 is 20.4 Å². The summed E-state index contributed by atoms with van der Waals surface area (Å²) in [5.41, 5.74) is 0.972. The third-order valence-corrected chi connectivity index (χ3v) is 3.84. The van der Waals surface area contributed by atoms with Gasteiger partial charge in [0.25, 0.3) is 5.91 Å². The molecule has 3 aromatic rings. The molecule has 3 rings (SSSR count). The van der Waals surface area contributed by atoms with E-state index in [1.54, 1.807) is 55.6 Å². The van der Waals surface area contributed by atoms with Crippen molar-refractivity contribution in [2.24, 2.45) is 0 Å². The van der Waals surface area contributed by atoms with Crippen LogP contribution in [0.4, 0.5) is 5.69 Å². The van der Waals surface area contributed by atoms with Gasteiger partial charge in [-0.1, -0.05) is 18.2 Å². The molecule has 0 aliphatic heterocycles. The topological polar surface area (TPSA) is 113 Å². The standard InChI is InChI=1S/C20H18N4O4/c1-28-15-9-7-13(8-10-15)16-11-17(24-20(27)23-16)19(26)21-12-18(25)22-14-5-3-2-4-6-14/h2-11H,12H2,1H3,(H,21,26)(H,22,25)(H,23,24,27). The molecule has 1 aromatic heterocycles. The first-order valence-electron chi connectivity index (χ1n) is 8.44. The fourth-order valence-electron chi connectivity index (χ4n) is 2.47. The van der Waals surface area contributed by atoms with E-state index in [0.29, 0.717) is 22.7 Å². The van der Waals surface area contributed by atoms with Gasteiger partial charge in [-0.2, -0.15) is 4.98 Å². The van der Waals surface area contributed by atoms with Gasteiger partial charge in [-0.3, -0.25) is 9.59 Å².